The quantitative estimate of drug-likeness (QED) is 0.905. The maximum Gasteiger partial charge on any atom is 0.150 e. The van der Waals surface area contributed by atoms with Crippen molar-refractivity contribution in [1.29, 1.82) is 0 Å². The van der Waals surface area contributed by atoms with Gasteiger partial charge in [0.1, 0.15) is 17.3 Å². The van der Waals surface area contributed by atoms with Crippen LogP contribution in [0.1, 0.15) is 12.5 Å². The van der Waals surface area contributed by atoms with E-state index in [9.17, 15) is 4.39 Å². The summed E-state index contributed by atoms with van der Waals surface area (Å²) in [6.07, 6.45) is 3.33. The highest BCUT2D eigenvalue weighted by molar-refractivity contribution is 6.30. The van der Waals surface area contributed by atoms with E-state index in [1.165, 1.54) is 18.2 Å². The second-order valence-corrected chi connectivity index (χ2v) is 4.35. The fraction of sp³-hybridized carbons (Fsp3) is 0.214. The van der Waals surface area contributed by atoms with Gasteiger partial charge in [-0.1, -0.05) is 18.5 Å². The number of nitrogens with one attached hydrogen (secondary N) is 1. The Morgan fingerprint density at radius 1 is 1.37 bits per heavy atom. The molecule has 3 nitrogen and oxygen atoms in total. The third-order valence-corrected chi connectivity index (χ3v) is 2.84. The molecule has 5 heteroatoms. The minimum absolute atomic E-state index is 0.0367. The van der Waals surface area contributed by atoms with Crippen molar-refractivity contribution in [1.82, 2.24) is 10.3 Å². The van der Waals surface area contributed by atoms with Crippen LogP contribution in [0.25, 0.3) is 0 Å². The Hall–Kier alpha value is -1.65. The molecule has 0 aliphatic heterocycles. The maximum atomic E-state index is 13.1. The summed E-state index contributed by atoms with van der Waals surface area (Å²) in [4.78, 5) is 4.03. The number of benzene rings is 1. The molecule has 100 valence electrons. The second-order valence-electron chi connectivity index (χ2n) is 3.94. The summed E-state index contributed by atoms with van der Waals surface area (Å²) in [5.41, 5.74) is 0.984. The van der Waals surface area contributed by atoms with E-state index >= 15 is 0 Å². The molecule has 1 aromatic carbocycles. The van der Waals surface area contributed by atoms with Crippen LogP contribution in [0.2, 0.25) is 5.02 Å². The van der Waals surface area contributed by atoms with Crippen LogP contribution in [0.15, 0.2) is 36.7 Å². The summed E-state index contributed by atoms with van der Waals surface area (Å²) in [5, 5.41) is 3.25. The van der Waals surface area contributed by atoms with E-state index < -0.39 is 5.82 Å². The third-order valence-electron chi connectivity index (χ3n) is 2.55. The van der Waals surface area contributed by atoms with Crippen molar-refractivity contribution >= 4 is 11.6 Å². The molecular weight excluding hydrogens is 267 g/mol. The minimum Gasteiger partial charge on any atom is -0.455 e. The van der Waals surface area contributed by atoms with Crippen LogP contribution in [0, 0.1) is 5.82 Å². The summed E-state index contributed by atoms with van der Waals surface area (Å²) < 4.78 is 18.8. The lowest BCUT2D eigenvalue weighted by molar-refractivity contribution is 0.469. The normalized spacial score (nSPS) is 10.5. The Balaban J connectivity index is 2.20. The number of pyridine rings is 1. The van der Waals surface area contributed by atoms with Crippen molar-refractivity contribution in [2.45, 2.75) is 13.5 Å². The van der Waals surface area contributed by atoms with E-state index in [0.717, 1.165) is 12.1 Å². The van der Waals surface area contributed by atoms with Gasteiger partial charge in [0.05, 0.1) is 11.2 Å². The first-order chi connectivity index (χ1) is 9.20. The zero-order valence-corrected chi connectivity index (χ0v) is 11.2. The first-order valence-electron chi connectivity index (χ1n) is 5.97. The lowest BCUT2D eigenvalue weighted by atomic mass is 10.2. The monoisotopic (exact) mass is 280 g/mol. The van der Waals surface area contributed by atoms with Crippen LogP contribution in [-0.4, -0.2) is 11.5 Å². The summed E-state index contributed by atoms with van der Waals surface area (Å²) >= 11 is 5.72. The Kier molecular flexibility index (Phi) is 4.71. The molecule has 0 aliphatic carbocycles. The molecule has 0 saturated carbocycles. The number of rotatable bonds is 5. The highest BCUT2D eigenvalue weighted by Gasteiger charge is 2.07. The van der Waals surface area contributed by atoms with Gasteiger partial charge in [-0.05, 0) is 24.7 Å². The molecular formula is C14H14ClFN2O. The van der Waals surface area contributed by atoms with Gasteiger partial charge in [-0.3, -0.25) is 4.98 Å². The van der Waals surface area contributed by atoms with Gasteiger partial charge < -0.3 is 10.1 Å². The number of ether oxygens (including phenoxy) is 1. The average molecular weight is 281 g/mol. The van der Waals surface area contributed by atoms with Crippen molar-refractivity contribution < 1.29 is 9.13 Å². The SMILES string of the molecule is CCNCc1ccncc1Oc1ccc(F)c(Cl)c1. The van der Waals surface area contributed by atoms with Crippen LogP contribution in [0.5, 0.6) is 11.5 Å². The topological polar surface area (TPSA) is 34.2 Å². The average Bonchev–Trinajstić information content (AvgIpc) is 2.42. The summed E-state index contributed by atoms with van der Waals surface area (Å²) in [7, 11) is 0. The number of nitrogens with zero attached hydrogens (tertiary/aromatic N) is 1. The van der Waals surface area contributed by atoms with Crippen LogP contribution in [0.3, 0.4) is 0 Å². The lowest BCUT2D eigenvalue weighted by Crippen LogP contribution is -2.12. The zero-order chi connectivity index (χ0) is 13.7. The first kappa shape index (κ1) is 13.8. The van der Waals surface area contributed by atoms with Gasteiger partial charge >= 0.3 is 0 Å². The van der Waals surface area contributed by atoms with E-state index in [1.54, 1.807) is 12.4 Å². The highest BCUT2D eigenvalue weighted by Crippen LogP contribution is 2.27. The first-order valence-corrected chi connectivity index (χ1v) is 6.35. The molecule has 1 heterocycles. The number of hydrogen-bond acceptors (Lipinski definition) is 3. The largest absolute Gasteiger partial charge is 0.455 e. The molecule has 0 atom stereocenters. The van der Waals surface area contributed by atoms with Gasteiger partial charge in [-0.15, -0.1) is 0 Å². The second kappa shape index (κ2) is 6.50. The third kappa shape index (κ3) is 3.66. The van der Waals surface area contributed by atoms with E-state index in [2.05, 4.69) is 10.3 Å². The van der Waals surface area contributed by atoms with E-state index in [0.29, 0.717) is 18.0 Å². The molecule has 0 fully saturated rings. The van der Waals surface area contributed by atoms with Crippen molar-refractivity contribution in [3.05, 3.63) is 53.1 Å². The lowest BCUT2D eigenvalue weighted by Gasteiger charge is -2.11. The molecule has 19 heavy (non-hydrogen) atoms. The van der Waals surface area contributed by atoms with E-state index in [4.69, 9.17) is 16.3 Å². The fourth-order valence-electron chi connectivity index (χ4n) is 1.57. The Morgan fingerprint density at radius 3 is 2.95 bits per heavy atom. The molecule has 0 bridgehead atoms. The molecule has 0 amide bonds. The molecule has 2 aromatic rings. The van der Waals surface area contributed by atoms with Gasteiger partial charge in [0.25, 0.3) is 0 Å². The molecule has 0 aliphatic rings. The van der Waals surface area contributed by atoms with Crippen LogP contribution in [0.4, 0.5) is 4.39 Å². The predicted octanol–water partition coefficient (Wildman–Crippen LogP) is 3.78. The number of hydrogen-bond donors (Lipinski definition) is 1. The Bertz CT molecular complexity index is 563. The fourth-order valence-corrected chi connectivity index (χ4v) is 1.74. The summed E-state index contributed by atoms with van der Waals surface area (Å²) in [6, 6.07) is 6.13. The van der Waals surface area contributed by atoms with E-state index in [1.807, 2.05) is 13.0 Å². The smallest absolute Gasteiger partial charge is 0.150 e. The number of halogens is 2. The van der Waals surface area contributed by atoms with Gasteiger partial charge in [0.2, 0.25) is 0 Å². The zero-order valence-electron chi connectivity index (χ0n) is 10.5. The van der Waals surface area contributed by atoms with Crippen LogP contribution < -0.4 is 10.1 Å². The Morgan fingerprint density at radius 2 is 2.21 bits per heavy atom. The standard InChI is InChI=1S/C14H14ClFN2O/c1-2-17-8-10-5-6-18-9-14(10)19-11-3-4-13(16)12(15)7-11/h3-7,9,17H,2,8H2,1H3. The van der Waals surface area contributed by atoms with Crippen LogP contribution >= 0.6 is 11.6 Å². The van der Waals surface area contributed by atoms with Crippen molar-refractivity contribution in [3.8, 4) is 11.5 Å². The maximum absolute atomic E-state index is 13.1. The van der Waals surface area contributed by atoms with Gasteiger partial charge in [-0.2, -0.15) is 0 Å². The van der Waals surface area contributed by atoms with Gasteiger partial charge in [-0.25, -0.2) is 4.39 Å². The Labute approximate surface area is 116 Å². The molecule has 1 aromatic heterocycles. The summed E-state index contributed by atoms with van der Waals surface area (Å²) in [6.45, 7) is 3.58. The van der Waals surface area contributed by atoms with Crippen molar-refractivity contribution in [3.63, 3.8) is 0 Å². The van der Waals surface area contributed by atoms with Crippen molar-refractivity contribution in [2.75, 3.05) is 6.54 Å². The van der Waals surface area contributed by atoms with E-state index in [-0.39, 0.29) is 5.02 Å². The molecule has 0 saturated heterocycles. The molecule has 0 unspecified atom stereocenters. The number of aromatic nitrogens is 1. The molecule has 0 radical (unpaired) electrons. The van der Waals surface area contributed by atoms with Crippen molar-refractivity contribution in [2.24, 2.45) is 0 Å². The summed E-state index contributed by atoms with van der Waals surface area (Å²) in [5.74, 6) is 0.649. The van der Waals surface area contributed by atoms with Gasteiger partial charge in [0.15, 0.2) is 0 Å². The molecule has 0 spiro atoms. The highest BCUT2D eigenvalue weighted by atomic mass is 35.5. The molecule has 1 N–H and O–H groups in total. The van der Waals surface area contributed by atoms with Gasteiger partial charge in [0, 0.05) is 24.4 Å². The predicted molar refractivity (Wildman–Crippen MR) is 73.1 cm³/mol. The minimum atomic E-state index is -0.465. The molecule has 2 rings (SSSR count). The van der Waals surface area contributed by atoms with Crippen LogP contribution in [-0.2, 0) is 6.54 Å².